The van der Waals surface area contributed by atoms with Crippen LogP contribution in [0.1, 0.15) is 34.7 Å². The third kappa shape index (κ3) is 8.56. The normalized spacial score (nSPS) is 11.8. The molecule has 16 heteroatoms. The van der Waals surface area contributed by atoms with Gasteiger partial charge in [0.1, 0.15) is 24.2 Å². The lowest BCUT2D eigenvalue weighted by Gasteiger charge is -2.21. The largest absolute Gasteiger partial charge is 0.497 e. The van der Waals surface area contributed by atoms with E-state index < -0.39 is 29.6 Å². The van der Waals surface area contributed by atoms with Crippen LogP contribution in [-0.2, 0) is 9.53 Å². The molecule has 15 nitrogen and oxygen atoms in total. The van der Waals surface area contributed by atoms with E-state index in [9.17, 15) is 9.59 Å². The van der Waals surface area contributed by atoms with Crippen LogP contribution in [-0.4, -0.2) is 74.2 Å². The number of halogens is 1. The van der Waals surface area contributed by atoms with Crippen LogP contribution in [0.25, 0.3) is 5.95 Å². The first-order valence-corrected chi connectivity index (χ1v) is 14.3. The van der Waals surface area contributed by atoms with Crippen LogP contribution in [0.5, 0.6) is 11.5 Å². The summed E-state index contributed by atoms with van der Waals surface area (Å²) in [5.74, 6) is -1.58. The predicted octanol–water partition coefficient (Wildman–Crippen LogP) is 2.81. The fraction of sp³-hybridized carbons (Fsp3) is 0.188. The molecule has 2 aromatic heterocycles. The van der Waals surface area contributed by atoms with Gasteiger partial charge < -0.3 is 35.5 Å². The number of carboxylic acid groups (broad SMARTS) is 1. The van der Waals surface area contributed by atoms with Crippen molar-refractivity contribution >= 4 is 17.5 Å². The van der Waals surface area contributed by atoms with Gasteiger partial charge in [0.05, 0.1) is 13.7 Å². The summed E-state index contributed by atoms with van der Waals surface area (Å²) in [7, 11) is 2.80. The topological polar surface area (TPSA) is 224 Å². The number of aliphatic carboxylic acids is 1. The molecule has 2 atom stereocenters. The standard InChI is InChI=1S/C23H23FN8O4.C9H10O3/c1-35-15-11-16(18(24)17(12-15)36-10-9-33)19(29-14-5-3-13(4-6-14)20(25)26)21-30-23(34)32(31-21)22-27-7-2-8-28-22;1-12-8(9(10)11)7-5-3-2-4-6-7/h2-8,11-12,19,29,33H,9-10H2,1H3,(H3,25,26)(H,30,31,34);2-6,8H,1H3,(H,10,11)/t19-;8-/m11/s1. The molecule has 0 amide bonds. The number of methoxy groups -OCH3 is 2. The van der Waals surface area contributed by atoms with Gasteiger partial charge in [-0.15, -0.1) is 9.78 Å². The number of amidine groups is 1. The van der Waals surface area contributed by atoms with E-state index in [1.54, 1.807) is 54.6 Å². The van der Waals surface area contributed by atoms with Crippen LogP contribution in [0, 0.1) is 11.2 Å². The van der Waals surface area contributed by atoms with Gasteiger partial charge in [-0.05, 0) is 42.0 Å². The number of aliphatic hydroxyl groups excluding tert-OH is 1. The molecule has 0 unspecified atom stereocenters. The van der Waals surface area contributed by atoms with E-state index in [-0.39, 0.29) is 47.9 Å². The Kier molecular flexibility index (Phi) is 11.9. The number of rotatable bonds is 13. The molecule has 5 aromatic rings. The van der Waals surface area contributed by atoms with Gasteiger partial charge in [-0.3, -0.25) is 10.4 Å². The van der Waals surface area contributed by atoms with Gasteiger partial charge in [-0.25, -0.2) is 23.9 Å². The molecule has 0 saturated heterocycles. The molecule has 0 fully saturated rings. The molecule has 250 valence electrons. The number of aromatic amines is 1. The number of nitrogens with two attached hydrogens (primary N) is 1. The molecule has 0 radical (unpaired) electrons. The van der Waals surface area contributed by atoms with Crippen LogP contribution in [0.15, 0.2) is 90.0 Å². The lowest BCUT2D eigenvalue weighted by atomic mass is 10.0. The molecule has 0 saturated carbocycles. The fourth-order valence-corrected chi connectivity index (χ4v) is 4.40. The molecule has 5 rings (SSSR count). The number of ether oxygens (including phenoxy) is 3. The Labute approximate surface area is 273 Å². The average molecular weight is 661 g/mol. The van der Waals surface area contributed by atoms with Crippen molar-refractivity contribution in [3.63, 3.8) is 0 Å². The second-order valence-electron chi connectivity index (χ2n) is 9.81. The smallest absolute Gasteiger partial charge is 0.350 e. The van der Waals surface area contributed by atoms with Gasteiger partial charge in [0, 0.05) is 42.4 Å². The highest BCUT2D eigenvalue weighted by molar-refractivity contribution is 5.95. The Morgan fingerprint density at radius 3 is 2.35 bits per heavy atom. The number of benzene rings is 3. The Morgan fingerprint density at radius 2 is 1.77 bits per heavy atom. The number of H-pyrrole nitrogens is 1. The number of hydrogen-bond acceptors (Lipinski definition) is 11. The maximum Gasteiger partial charge on any atom is 0.350 e. The summed E-state index contributed by atoms with van der Waals surface area (Å²) in [6, 6.07) is 18.8. The van der Waals surface area contributed by atoms with Crippen LogP contribution in [0.3, 0.4) is 0 Å². The Balaban J connectivity index is 0.000000365. The first-order chi connectivity index (χ1) is 23.2. The zero-order valence-electron chi connectivity index (χ0n) is 25.8. The van der Waals surface area contributed by atoms with Crippen molar-refractivity contribution in [1.82, 2.24) is 24.7 Å². The van der Waals surface area contributed by atoms with E-state index in [2.05, 4.69) is 25.4 Å². The number of nitrogen functional groups attached to an aromatic ring is 1. The monoisotopic (exact) mass is 660 g/mol. The Bertz CT molecular complexity index is 1870. The van der Waals surface area contributed by atoms with Crippen molar-refractivity contribution in [2.24, 2.45) is 5.73 Å². The minimum atomic E-state index is -1.03. The number of aromatic nitrogens is 5. The molecule has 2 heterocycles. The predicted molar refractivity (Wildman–Crippen MR) is 172 cm³/mol. The summed E-state index contributed by atoms with van der Waals surface area (Å²) >= 11 is 0. The SMILES string of the molecule is CO[C@@H](C(=O)O)c1ccccc1.COc1cc(OCCO)c(F)c([C@@H](Nc2ccc(C(=N)N)cc2)c2nn(-c3ncccn3)c(=O)[nH]2)c1. The molecule has 48 heavy (non-hydrogen) atoms. The molecule has 0 aliphatic rings. The molecule has 7 N–H and O–H groups in total. The molecular formula is C32H33FN8O7. The quantitative estimate of drug-likeness (QED) is 0.0792. The van der Waals surface area contributed by atoms with Gasteiger partial charge in [0.2, 0.25) is 0 Å². The van der Waals surface area contributed by atoms with Gasteiger partial charge in [0.15, 0.2) is 23.5 Å². The fourth-order valence-electron chi connectivity index (χ4n) is 4.40. The van der Waals surface area contributed by atoms with Crippen molar-refractivity contribution in [3.8, 4) is 17.4 Å². The summed E-state index contributed by atoms with van der Waals surface area (Å²) in [5, 5.41) is 32.8. The van der Waals surface area contributed by atoms with E-state index in [1.165, 1.54) is 38.7 Å². The first-order valence-electron chi connectivity index (χ1n) is 14.3. The van der Waals surface area contributed by atoms with Gasteiger partial charge in [-0.2, -0.15) is 0 Å². The summed E-state index contributed by atoms with van der Waals surface area (Å²) in [6.45, 7) is -0.449. The zero-order valence-corrected chi connectivity index (χ0v) is 25.8. The minimum absolute atomic E-state index is 0.0349. The number of carboxylic acids is 1. The first kappa shape index (κ1) is 34.7. The number of hydrogen-bond donors (Lipinski definition) is 6. The number of carbonyl (C=O) groups is 1. The maximum absolute atomic E-state index is 15.7. The third-order valence-electron chi connectivity index (χ3n) is 6.66. The highest BCUT2D eigenvalue weighted by Gasteiger charge is 2.27. The number of nitrogens with one attached hydrogen (secondary N) is 3. The van der Waals surface area contributed by atoms with E-state index in [4.69, 9.17) is 35.6 Å². The van der Waals surface area contributed by atoms with Gasteiger partial charge in [0.25, 0.3) is 5.95 Å². The number of anilines is 1. The van der Waals surface area contributed by atoms with E-state index in [0.717, 1.165) is 4.68 Å². The molecule has 3 aromatic carbocycles. The lowest BCUT2D eigenvalue weighted by Crippen LogP contribution is -2.18. The van der Waals surface area contributed by atoms with Crippen LogP contribution in [0.4, 0.5) is 10.1 Å². The Hall–Kier alpha value is -6.13. The second-order valence-corrected chi connectivity index (χ2v) is 9.81. The number of aliphatic hydroxyl groups is 1. The van der Waals surface area contributed by atoms with Gasteiger partial charge in [-0.1, -0.05) is 30.3 Å². The highest BCUT2D eigenvalue weighted by Crippen LogP contribution is 2.35. The summed E-state index contributed by atoms with van der Waals surface area (Å²) < 4.78 is 32.1. The molecule has 0 spiro atoms. The van der Waals surface area contributed by atoms with Gasteiger partial charge >= 0.3 is 11.7 Å². The van der Waals surface area contributed by atoms with Crippen LogP contribution >= 0.6 is 0 Å². The summed E-state index contributed by atoms with van der Waals surface area (Å²) in [4.78, 5) is 34.0. The van der Waals surface area contributed by atoms with E-state index >= 15 is 4.39 Å². The van der Waals surface area contributed by atoms with Crippen molar-refractivity contribution in [3.05, 3.63) is 124 Å². The molecule has 0 aliphatic carbocycles. The molecular weight excluding hydrogens is 627 g/mol. The molecule has 0 aliphatic heterocycles. The second kappa shape index (κ2) is 16.4. The summed E-state index contributed by atoms with van der Waals surface area (Å²) in [6.07, 6.45) is 2.07. The van der Waals surface area contributed by atoms with Crippen molar-refractivity contribution in [2.75, 3.05) is 32.8 Å². The van der Waals surface area contributed by atoms with Crippen molar-refractivity contribution in [2.45, 2.75) is 12.1 Å². The average Bonchev–Trinajstić information content (AvgIpc) is 3.49. The molecule has 0 bridgehead atoms. The zero-order chi connectivity index (χ0) is 34.6. The van der Waals surface area contributed by atoms with Crippen LogP contribution < -0.4 is 26.2 Å². The lowest BCUT2D eigenvalue weighted by molar-refractivity contribution is -0.148. The van der Waals surface area contributed by atoms with Crippen molar-refractivity contribution in [1.29, 1.82) is 5.41 Å². The minimum Gasteiger partial charge on any atom is -0.497 e. The third-order valence-corrected chi connectivity index (χ3v) is 6.66. The summed E-state index contributed by atoms with van der Waals surface area (Å²) in [5.41, 5.74) is 6.64. The van der Waals surface area contributed by atoms with E-state index in [1.807, 2.05) is 6.07 Å². The van der Waals surface area contributed by atoms with E-state index in [0.29, 0.717) is 16.8 Å². The van der Waals surface area contributed by atoms with Crippen molar-refractivity contribution < 1.29 is 33.6 Å². The number of nitrogens with zero attached hydrogens (tertiary/aromatic N) is 4. The Morgan fingerprint density at radius 1 is 1.08 bits per heavy atom. The van der Waals surface area contributed by atoms with Crippen LogP contribution in [0.2, 0.25) is 0 Å². The highest BCUT2D eigenvalue weighted by atomic mass is 19.1. The maximum atomic E-state index is 15.7.